The monoisotopic (exact) mass is 712 g/mol. The number of carbonyl (C=O) groups is 2. The number of aryl methyl sites for hydroxylation is 6. The van der Waals surface area contributed by atoms with Crippen molar-refractivity contribution in [3.8, 4) is 11.3 Å². The van der Waals surface area contributed by atoms with Crippen LogP contribution in [0.1, 0.15) is 59.2 Å². The molecule has 0 spiro atoms. The van der Waals surface area contributed by atoms with Gasteiger partial charge in [-0.15, -0.1) is 0 Å². The van der Waals surface area contributed by atoms with Gasteiger partial charge in [0.05, 0.1) is 12.1 Å². The minimum atomic E-state index is -0.0625. The summed E-state index contributed by atoms with van der Waals surface area (Å²) in [6.07, 6.45) is 1.96. The molecule has 0 aliphatic heterocycles. The molecule has 3 nitrogen and oxygen atoms in total. The molecule has 0 unspecified atom stereocenters. The summed E-state index contributed by atoms with van der Waals surface area (Å²) in [5, 5.41) is 0. The van der Waals surface area contributed by atoms with Gasteiger partial charge in [0.2, 0.25) is 6.71 Å². The second-order valence-electron chi connectivity index (χ2n) is 10.9. The topological polar surface area (TPSA) is 47.0 Å². The predicted octanol–water partition coefficient (Wildman–Crippen LogP) is 5.98. The molecule has 5 heteroatoms. The largest absolute Gasteiger partial charge is 2.00 e. The Labute approximate surface area is 255 Å². The van der Waals surface area contributed by atoms with E-state index in [0.717, 1.165) is 5.69 Å². The van der Waals surface area contributed by atoms with Crippen LogP contribution >= 0.6 is 0 Å². The number of rotatable bonds is 6. The Hall–Kier alpha value is -3.10. The van der Waals surface area contributed by atoms with Crippen LogP contribution in [0.4, 0.5) is 0 Å². The normalized spacial score (nSPS) is 10.2. The summed E-state index contributed by atoms with van der Waals surface area (Å²) >= 11 is 0. The average Bonchev–Trinajstić information content (AvgIpc) is 2.82. The van der Waals surface area contributed by atoms with Crippen LogP contribution in [-0.2, 0) is 30.7 Å². The van der Waals surface area contributed by atoms with Crippen molar-refractivity contribution in [3.05, 3.63) is 106 Å². The minimum Gasteiger partial charge on any atom is -0.300 e. The molecule has 0 atom stereocenters. The molecular weight excluding hydrogens is 672 g/mol. The summed E-state index contributed by atoms with van der Waals surface area (Å²) in [5.41, 5.74) is 15.8. The fourth-order valence-corrected chi connectivity index (χ4v) is 5.86. The number of ketones is 2. The summed E-state index contributed by atoms with van der Waals surface area (Å²) < 4.78 is 0. The maximum Gasteiger partial charge on any atom is 2.00 e. The summed E-state index contributed by atoms with van der Waals surface area (Å²) in [5.74, 6) is -0.125. The molecule has 0 amide bonds. The van der Waals surface area contributed by atoms with E-state index in [1.165, 1.54) is 74.7 Å². The molecule has 1 aromatic heterocycles. The Morgan fingerprint density at radius 1 is 0.675 bits per heavy atom. The van der Waals surface area contributed by atoms with E-state index in [1.807, 2.05) is 12.3 Å². The molecule has 0 saturated heterocycles. The van der Waals surface area contributed by atoms with Crippen molar-refractivity contribution in [3.63, 3.8) is 0 Å². The van der Waals surface area contributed by atoms with E-state index in [9.17, 15) is 9.59 Å². The average molecular weight is 713 g/mol. The van der Waals surface area contributed by atoms with Crippen molar-refractivity contribution in [1.29, 1.82) is 0 Å². The van der Waals surface area contributed by atoms with E-state index in [2.05, 4.69) is 108 Å². The van der Waals surface area contributed by atoms with E-state index in [-0.39, 0.29) is 45.8 Å². The number of hydrogen-bond acceptors (Lipinski definition) is 3. The first-order valence-electron chi connectivity index (χ1n) is 13.6. The molecular formula is C35H40BNO2Pt+2. The van der Waals surface area contributed by atoms with Crippen molar-refractivity contribution < 1.29 is 30.7 Å². The van der Waals surface area contributed by atoms with Crippen LogP contribution < -0.4 is 16.4 Å². The zero-order valence-electron chi connectivity index (χ0n) is 25.2. The molecule has 1 heterocycles. The van der Waals surface area contributed by atoms with Gasteiger partial charge in [0.15, 0.2) is 0 Å². The third kappa shape index (κ3) is 7.98. The summed E-state index contributed by atoms with van der Waals surface area (Å²) in [4.78, 5) is 24.7. The summed E-state index contributed by atoms with van der Waals surface area (Å²) in [6, 6.07) is 22.1. The van der Waals surface area contributed by atoms with Crippen LogP contribution in [0.15, 0.2) is 66.9 Å². The number of nitrogens with zero attached hydrogens (tertiary/aromatic N) is 1. The molecule has 0 bridgehead atoms. The fourth-order valence-electron chi connectivity index (χ4n) is 5.86. The quantitative estimate of drug-likeness (QED) is 0.183. The van der Waals surface area contributed by atoms with E-state index in [1.54, 1.807) is 0 Å². The number of benzene rings is 3. The molecule has 0 radical (unpaired) electrons. The zero-order chi connectivity index (χ0) is 28.9. The number of Topliss-reactive ketones (excluding diaryl/α,β-unsaturated/α-hetero) is 2. The second-order valence-corrected chi connectivity index (χ2v) is 10.9. The van der Waals surface area contributed by atoms with Crippen molar-refractivity contribution in [1.82, 2.24) is 4.98 Å². The Bertz CT molecular complexity index is 1400. The Morgan fingerprint density at radius 2 is 1.15 bits per heavy atom. The van der Waals surface area contributed by atoms with Crippen molar-refractivity contribution >= 4 is 34.7 Å². The first-order chi connectivity index (χ1) is 18.4. The minimum absolute atomic E-state index is 0. The molecule has 0 aliphatic carbocycles. The van der Waals surface area contributed by atoms with Gasteiger partial charge in [-0.2, -0.15) is 0 Å². The number of aromatic nitrogens is 1. The second kappa shape index (κ2) is 14.5. The van der Waals surface area contributed by atoms with Crippen LogP contribution in [-0.4, -0.2) is 23.3 Å². The van der Waals surface area contributed by atoms with Crippen LogP contribution in [0.25, 0.3) is 11.3 Å². The third-order valence-corrected chi connectivity index (χ3v) is 7.18. The predicted molar refractivity (Wildman–Crippen MR) is 166 cm³/mol. The number of hydrogen-bond donors (Lipinski definition) is 0. The van der Waals surface area contributed by atoms with Gasteiger partial charge in [-0.3, -0.25) is 14.6 Å². The summed E-state index contributed by atoms with van der Waals surface area (Å²) in [7, 11) is 0. The van der Waals surface area contributed by atoms with E-state index in [4.69, 9.17) is 0 Å². The molecule has 4 aromatic rings. The molecule has 0 saturated carbocycles. The van der Waals surface area contributed by atoms with E-state index < -0.39 is 0 Å². The van der Waals surface area contributed by atoms with Gasteiger partial charge in [-0.25, -0.2) is 0 Å². The molecule has 0 fully saturated rings. The van der Waals surface area contributed by atoms with Gasteiger partial charge in [-0.1, -0.05) is 98.3 Å². The molecule has 3 aromatic carbocycles. The number of carbonyl (C=O) groups excluding carboxylic acids is 2. The van der Waals surface area contributed by atoms with Gasteiger partial charge >= 0.3 is 21.1 Å². The maximum atomic E-state index is 10.0. The van der Waals surface area contributed by atoms with Crippen LogP contribution in [0.5, 0.6) is 0 Å². The fraction of sp³-hybridized carbons (Fsp3) is 0.286. The summed E-state index contributed by atoms with van der Waals surface area (Å²) in [6.45, 7) is 18.7. The van der Waals surface area contributed by atoms with Gasteiger partial charge in [0, 0.05) is 11.8 Å². The molecule has 4 rings (SSSR count). The first-order valence-corrected chi connectivity index (χ1v) is 13.6. The van der Waals surface area contributed by atoms with Crippen molar-refractivity contribution in [2.45, 2.75) is 68.7 Å². The van der Waals surface area contributed by atoms with Crippen molar-refractivity contribution in [2.75, 3.05) is 0 Å². The molecule has 208 valence electrons. The molecule has 40 heavy (non-hydrogen) atoms. The SMILES string of the molecule is CC(=O)CC(C)=O.Cc1cc(C)c(B(c2cccc(-c3ccccn3)c2C)c2c(C)cc(C)cc2C)c(C)c1.[Pt+2]. The van der Waals surface area contributed by atoms with Gasteiger partial charge in [0.25, 0.3) is 0 Å². The van der Waals surface area contributed by atoms with Gasteiger partial charge in [-0.05, 0) is 80.0 Å². The maximum absolute atomic E-state index is 10.0. The smallest absolute Gasteiger partial charge is 0.300 e. The molecule has 0 aliphatic rings. The van der Waals surface area contributed by atoms with Crippen LogP contribution in [0.2, 0.25) is 0 Å². The Kier molecular flexibility index (Phi) is 12.0. The Morgan fingerprint density at radius 3 is 1.52 bits per heavy atom. The van der Waals surface area contributed by atoms with E-state index >= 15 is 0 Å². The Balaban J connectivity index is 0.000000623. The third-order valence-electron chi connectivity index (χ3n) is 7.18. The molecule has 0 N–H and O–H groups in total. The van der Waals surface area contributed by atoms with Gasteiger partial charge in [0.1, 0.15) is 11.6 Å². The van der Waals surface area contributed by atoms with Crippen LogP contribution in [0.3, 0.4) is 0 Å². The zero-order valence-corrected chi connectivity index (χ0v) is 27.5. The first kappa shape index (κ1) is 33.1. The van der Waals surface area contributed by atoms with Crippen molar-refractivity contribution in [2.24, 2.45) is 0 Å². The van der Waals surface area contributed by atoms with Gasteiger partial charge < -0.3 is 0 Å². The van der Waals surface area contributed by atoms with Crippen LogP contribution in [0, 0.1) is 48.5 Å². The standard InChI is InChI=1S/C30H32BN.C5H8O2.Pt/c1-19-15-21(3)29(22(4)16-19)31(30-23(5)17-20(2)18-24(30)6)27-12-10-11-26(25(27)7)28-13-8-9-14-32-28;1-4(6)3-5(2)7;/h8-18H,1-7H3;3H2,1-2H3;/q;;+2. The number of pyridine rings is 1. The van der Waals surface area contributed by atoms with E-state index in [0.29, 0.717) is 0 Å².